The van der Waals surface area contributed by atoms with Crippen molar-refractivity contribution in [3.63, 3.8) is 0 Å². The Balaban J connectivity index is 1.58. The summed E-state index contributed by atoms with van der Waals surface area (Å²) in [6.07, 6.45) is 0.582. The van der Waals surface area contributed by atoms with Gasteiger partial charge in [-0.15, -0.1) is 0 Å². The predicted octanol–water partition coefficient (Wildman–Crippen LogP) is 4.72. The molecular weight excluding hydrogens is 406 g/mol. The molecule has 0 saturated carbocycles. The van der Waals surface area contributed by atoms with Crippen molar-refractivity contribution in [2.75, 3.05) is 10.3 Å². The number of carbonyl (C=O) groups is 2. The highest BCUT2D eigenvalue weighted by atomic mass is 79.9. The van der Waals surface area contributed by atoms with Crippen molar-refractivity contribution in [3.05, 3.63) is 71.2 Å². The molecule has 0 aliphatic carbocycles. The zero-order chi connectivity index (χ0) is 18.8. The number of hydrazone groups is 1. The normalized spacial score (nSPS) is 14.2. The zero-order valence-electron chi connectivity index (χ0n) is 14.4. The van der Waals surface area contributed by atoms with Gasteiger partial charge < -0.3 is 5.32 Å². The van der Waals surface area contributed by atoms with Gasteiger partial charge in [-0.1, -0.05) is 52.3 Å². The number of anilines is 2. The molecular formula is C21H16BrN3O2. The van der Waals surface area contributed by atoms with Crippen LogP contribution >= 0.6 is 15.9 Å². The number of nitrogens with one attached hydrogen (secondary N) is 1. The summed E-state index contributed by atoms with van der Waals surface area (Å²) in [5.74, 6) is -0.411. The van der Waals surface area contributed by atoms with E-state index in [1.165, 1.54) is 5.01 Å². The third-order valence-electron chi connectivity index (χ3n) is 4.38. The van der Waals surface area contributed by atoms with E-state index in [2.05, 4.69) is 26.3 Å². The molecule has 0 unspecified atom stereocenters. The molecule has 6 heteroatoms. The molecule has 0 spiro atoms. The molecule has 0 aromatic heterocycles. The van der Waals surface area contributed by atoms with Crippen LogP contribution in [0.4, 0.5) is 11.4 Å². The van der Waals surface area contributed by atoms with E-state index >= 15 is 0 Å². The van der Waals surface area contributed by atoms with Crippen LogP contribution in [0.15, 0.2) is 76.3 Å². The highest BCUT2D eigenvalue weighted by Crippen LogP contribution is 2.26. The van der Waals surface area contributed by atoms with Crippen LogP contribution in [0, 0.1) is 0 Å². The lowest BCUT2D eigenvalue weighted by Gasteiger charge is -2.23. The number of nitrogens with zero attached hydrogens (tertiary/aromatic N) is 2. The van der Waals surface area contributed by atoms with Gasteiger partial charge in [0.1, 0.15) is 5.71 Å². The lowest BCUT2D eigenvalue weighted by atomic mass is 10.1. The number of amides is 2. The molecule has 1 N–H and O–H groups in total. The minimum atomic E-state index is -0.294. The van der Waals surface area contributed by atoms with Crippen molar-refractivity contribution in [1.82, 2.24) is 0 Å². The molecule has 1 heterocycles. The second kappa shape index (κ2) is 7.32. The van der Waals surface area contributed by atoms with Crippen LogP contribution in [0.1, 0.15) is 12.8 Å². The zero-order valence-corrected chi connectivity index (χ0v) is 15.9. The maximum Gasteiger partial charge on any atom is 0.271 e. The summed E-state index contributed by atoms with van der Waals surface area (Å²) in [5.41, 5.74) is 1.69. The number of benzene rings is 3. The van der Waals surface area contributed by atoms with Gasteiger partial charge in [0.2, 0.25) is 5.91 Å². The smallest absolute Gasteiger partial charge is 0.271 e. The molecule has 0 radical (unpaired) electrons. The number of para-hydroxylation sites is 1. The fraction of sp³-hybridized carbons (Fsp3) is 0.0952. The second-order valence-electron chi connectivity index (χ2n) is 6.22. The van der Waals surface area contributed by atoms with E-state index in [-0.39, 0.29) is 18.2 Å². The molecule has 2 amide bonds. The fourth-order valence-corrected chi connectivity index (χ4v) is 3.53. The van der Waals surface area contributed by atoms with Crippen LogP contribution in [0.3, 0.4) is 0 Å². The first-order valence-corrected chi connectivity index (χ1v) is 9.36. The summed E-state index contributed by atoms with van der Waals surface area (Å²) in [5, 5.41) is 10.6. The third-order valence-corrected chi connectivity index (χ3v) is 5.07. The van der Waals surface area contributed by atoms with E-state index in [1.807, 2.05) is 54.6 Å². The van der Waals surface area contributed by atoms with Gasteiger partial charge >= 0.3 is 0 Å². The molecule has 5 nitrogen and oxygen atoms in total. The van der Waals surface area contributed by atoms with Crippen molar-refractivity contribution in [3.8, 4) is 0 Å². The molecule has 4 rings (SSSR count). The van der Waals surface area contributed by atoms with Crippen LogP contribution < -0.4 is 10.3 Å². The lowest BCUT2D eigenvalue weighted by molar-refractivity contribution is -0.118. The largest absolute Gasteiger partial charge is 0.321 e. The second-order valence-corrected chi connectivity index (χ2v) is 7.07. The average Bonchev–Trinajstić information content (AvgIpc) is 2.69. The van der Waals surface area contributed by atoms with Crippen molar-refractivity contribution < 1.29 is 9.59 Å². The van der Waals surface area contributed by atoms with E-state index in [0.717, 1.165) is 15.2 Å². The van der Waals surface area contributed by atoms with Crippen molar-refractivity contribution in [2.24, 2.45) is 5.10 Å². The molecule has 0 fully saturated rings. The number of carbonyl (C=O) groups excluding carboxylic acids is 2. The maximum absolute atomic E-state index is 12.7. The third kappa shape index (κ3) is 3.61. The van der Waals surface area contributed by atoms with E-state index < -0.39 is 0 Å². The number of fused-ring (bicyclic) bond motifs is 1. The van der Waals surface area contributed by atoms with Gasteiger partial charge in [0, 0.05) is 23.0 Å². The Hall–Kier alpha value is -2.99. The van der Waals surface area contributed by atoms with Gasteiger partial charge in [0.15, 0.2) is 0 Å². The van der Waals surface area contributed by atoms with Crippen LogP contribution in [0.5, 0.6) is 0 Å². The Labute approximate surface area is 164 Å². The standard InChI is InChI=1S/C21H16BrN3O2/c22-18-8-4-5-14-13-15(9-10-17(14)18)23-21(27)19-11-12-20(26)25(24-19)16-6-2-1-3-7-16/h1-10,13H,11-12H2,(H,23,27). The minimum Gasteiger partial charge on any atom is -0.321 e. The van der Waals surface area contributed by atoms with Crippen molar-refractivity contribution in [2.45, 2.75) is 12.8 Å². The van der Waals surface area contributed by atoms with E-state index in [4.69, 9.17) is 0 Å². The highest BCUT2D eigenvalue weighted by Gasteiger charge is 2.25. The molecule has 134 valence electrons. The van der Waals surface area contributed by atoms with Gasteiger partial charge in [-0.25, -0.2) is 5.01 Å². The molecule has 3 aromatic carbocycles. The summed E-state index contributed by atoms with van der Waals surface area (Å²) in [6, 6.07) is 20.8. The van der Waals surface area contributed by atoms with Crippen LogP contribution in [0.25, 0.3) is 10.8 Å². The molecule has 0 atom stereocenters. The molecule has 1 aliphatic rings. The van der Waals surface area contributed by atoms with Crippen LogP contribution in [0.2, 0.25) is 0 Å². The number of halogens is 1. The number of hydrogen-bond acceptors (Lipinski definition) is 3. The summed E-state index contributed by atoms with van der Waals surface area (Å²) in [4.78, 5) is 24.8. The molecule has 1 aliphatic heterocycles. The minimum absolute atomic E-state index is 0.117. The van der Waals surface area contributed by atoms with Crippen molar-refractivity contribution in [1.29, 1.82) is 0 Å². The Morgan fingerprint density at radius 2 is 1.81 bits per heavy atom. The Kier molecular flexibility index (Phi) is 4.73. The number of rotatable bonds is 3. The average molecular weight is 422 g/mol. The Morgan fingerprint density at radius 1 is 1.00 bits per heavy atom. The summed E-state index contributed by atoms with van der Waals surface area (Å²) in [6.45, 7) is 0. The van der Waals surface area contributed by atoms with Gasteiger partial charge in [-0.2, -0.15) is 5.10 Å². The van der Waals surface area contributed by atoms with Crippen LogP contribution in [-0.2, 0) is 9.59 Å². The van der Waals surface area contributed by atoms with E-state index in [0.29, 0.717) is 23.5 Å². The molecule has 0 saturated heterocycles. The topological polar surface area (TPSA) is 61.8 Å². The number of hydrogen-bond donors (Lipinski definition) is 1. The summed E-state index contributed by atoms with van der Waals surface area (Å²) in [7, 11) is 0. The first-order chi connectivity index (χ1) is 13.1. The van der Waals surface area contributed by atoms with Crippen LogP contribution in [-0.4, -0.2) is 17.5 Å². The Bertz CT molecular complexity index is 1060. The van der Waals surface area contributed by atoms with Gasteiger partial charge in [0.05, 0.1) is 5.69 Å². The van der Waals surface area contributed by atoms with Gasteiger partial charge in [0.25, 0.3) is 5.91 Å². The Morgan fingerprint density at radius 3 is 2.63 bits per heavy atom. The summed E-state index contributed by atoms with van der Waals surface area (Å²) < 4.78 is 1.01. The van der Waals surface area contributed by atoms with Gasteiger partial charge in [-0.05, 0) is 41.1 Å². The maximum atomic E-state index is 12.7. The first kappa shape index (κ1) is 17.4. The SMILES string of the molecule is O=C(Nc1ccc2c(Br)cccc2c1)C1=NN(c2ccccc2)C(=O)CC1. The van der Waals surface area contributed by atoms with E-state index in [1.54, 1.807) is 12.1 Å². The molecule has 0 bridgehead atoms. The van der Waals surface area contributed by atoms with Gasteiger partial charge in [-0.3, -0.25) is 9.59 Å². The first-order valence-electron chi connectivity index (χ1n) is 8.57. The monoisotopic (exact) mass is 421 g/mol. The lowest BCUT2D eigenvalue weighted by Crippen LogP contribution is -2.36. The molecule has 27 heavy (non-hydrogen) atoms. The highest BCUT2D eigenvalue weighted by molar-refractivity contribution is 9.10. The van der Waals surface area contributed by atoms with E-state index in [9.17, 15) is 9.59 Å². The van der Waals surface area contributed by atoms with Crippen molar-refractivity contribution >= 4 is 55.6 Å². The summed E-state index contributed by atoms with van der Waals surface area (Å²) >= 11 is 3.53. The molecule has 3 aromatic rings. The quantitative estimate of drug-likeness (QED) is 0.664. The fourth-order valence-electron chi connectivity index (χ4n) is 3.01. The predicted molar refractivity (Wildman–Crippen MR) is 111 cm³/mol.